The zero-order valence-corrected chi connectivity index (χ0v) is 19.1. The molecule has 166 valence electrons. The third-order valence-electron chi connectivity index (χ3n) is 4.05. The normalized spacial score (nSPS) is 10.1. The predicted octanol–water partition coefficient (Wildman–Crippen LogP) is 4.37. The van der Waals surface area contributed by atoms with Crippen molar-refractivity contribution in [3.63, 3.8) is 0 Å². The van der Waals surface area contributed by atoms with Crippen molar-refractivity contribution in [3.05, 3.63) is 47.0 Å². The number of aromatic nitrogens is 2. The Morgan fingerprint density at radius 3 is 2.47 bits per heavy atom. The van der Waals surface area contributed by atoms with Gasteiger partial charge in [0.1, 0.15) is 0 Å². The Kier molecular flexibility index (Phi) is 8.25. The number of benzene rings is 2. The van der Waals surface area contributed by atoms with E-state index in [1.807, 2.05) is 0 Å². The molecule has 0 radical (unpaired) electrons. The molecule has 0 unspecified atom stereocenters. The third kappa shape index (κ3) is 5.87. The van der Waals surface area contributed by atoms with E-state index in [1.54, 1.807) is 30.3 Å². The molecule has 3 aromatic rings. The highest BCUT2D eigenvalue weighted by Crippen LogP contribution is 2.41. The molecule has 32 heavy (non-hydrogen) atoms. The van der Waals surface area contributed by atoms with Gasteiger partial charge < -0.3 is 23.4 Å². The summed E-state index contributed by atoms with van der Waals surface area (Å²) in [5.41, 5.74) is 0.997. The van der Waals surface area contributed by atoms with Crippen LogP contribution in [-0.4, -0.2) is 49.9 Å². The molecule has 0 N–H and O–H groups in total. The minimum Gasteiger partial charge on any atom is -0.493 e. The lowest BCUT2D eigenvalue weighted by molar-refractivity contribution is 0.0556. The maximum atomic E-state index is 11.9. The average Bonchev–Trinajstić information content (AvgIpc) is 3.29. The Labute approximate surface area is 194 Å². The van der Waals surface area contributed by atoms with Gasteiger partial charge in [-0.2, -0.15) is 0 Å². The number of carbonyl (C=O) groups is 1. The fraction of sp³-hybridized carbons (Fsp3) is 0.227. The van der Waals surface area contributed by atoms with Crippen molar-refractivity contribution in [1.29, 1.82) is 0 Å². The zero-order valence-electron chi connectivity index (χ0n) is 17.5. The Hall–Kier alpha value is -3.35. The molecule has 1 heterocycles. The van der Waals surface area contributed by atoms with E-state index < -0.39 is 5.97 Å². The second kappa shape index (κ2) is 11.3. The Balaban J connectivity index is 1.55. The van der Waals surface area contributed by atoms with Crippen LogP contribution in [0.5, 0.6) is 17.2 Å². The summed E-state index contributed by atoms with van der Waals surface area (Å²) in [6.45, 7) is -0.0353. The van der Waals surface area contributed by atoms with Crippen LogP contribution in [0.2, 0.25) is 5.02 Å². The van der Waals surface area contributed by atoms with E-state index >= 15 is 0 Å². The van der Waals surface area contributed by atoms with E-state index in [0.717, 1.165) is 0 Å². The van der Waals surface area contributed by atoms with E-state index in [2.05, 4.69) is 22.0 Å². The van der Waals surface area contributed by atoms with Crippen molar-refractivity contribution >= 4 is 29.3 Å². The summed E-state index contributed by atoms with van der Waals surface area (Å²) in [5, 5.41) is 8.87. The highest BCUT2D eigenvalue weighted by Gasteiger charge is 2.17. The van der Waals surface area contributed by atoms with Crippen molar-refractivity contribution < 1.29 is 28.2 Å². The molecule has 2 aromatic carbocycles. The van der Waals surface area contributed by atoms with Crippen LogP contribution in [0, 0.1) is 11.8 Å². The van der Waals surface area contributed by atoms with Crippen molar-refractivity contribution in [3.8, 4) is 40.5 Å². The number of ether oxygens (including phenoxy) is 4. The molecule has 0 aliphatic heterocycles. The predicted molar refractivity (Wildman–Crippen MR) is 120 cm³/mol. The van der Waals surface area contributed by atoms with Gasteiger partial charge in [-0.15, -0.1) is 10.2 Å². The second-order valence-corrected chi connectivity index (χ2v) is 7.38. The average molecular weight is 475 g/mol. The van der Waals surface area contributed by atoms with Crippen LogP contribution in [0.1, 0.15) is 10.4 Å². The van der Waals surface area contributed by atoms with Crippen molar-refractivity contribution in [2.45, 2.75) is 5.22 Å². The molecule has 0 saturated heterocycles. The van der Waals surface area contributed by atoms with Crippen molar-refractivity contribution in [2.24, 2.45) is 0 Å². The monoisotopic (exact) mass is 474 g/mol. The number of thioether (sulfide) groups is 1. The van der Waals surface area contributed by atoms with Gasteiger partial charge in [0.25, 0.3) is 5.22 Å². The van der Waals surface area contributed by atoms with Gasteiger partial charge in [-0.3, -0.25) is 0 Å². The maximum absolute atomic E-state index is 11.9. The van der Waals surface area contributed by atoms with Crippen LogP contribution in [0.3, 0.4) is 0 Å². The first kappa shape index (κ1) is 23.3. The van der Waals surface area contributed by atoms with Crippen LogP contribution in [0.15, 0.2) is 46.0 Å². The summed E-state index contributed by atoms with van der Waals surface area (Å²) in [6.07, 6.45) is 0. The minimum atomic E-state index is -0.485. The Bertz CT molecular complexity index is 1130. The van der Waals surface area contributed by atoms with Crippen LogP contribution in [0.25, 0.3) is 11.5 Å². The molecule has 0 bridgehead atoms. The molecule has 8 nitrogen and oxygen atoms in total. The molecule has 0 aliphatic rings. The van der Waals surface area contributed by atoms with Gasteiger partial charge in [0.2, 0.25) is 11.6 Å². The van der Waals surface area contributed by atoms with Crippen LogP contribution in [0.4, 0.5) is 0 Å². The first-order valence-corrected chi connectivity index (χ1v) is 10.6. The number of rotatable bonds is 8. The highest BCUT2D eigenvalue weighted by atomic mass is 35.5. The van der Waals surface area contributed by atoms with Crippen LogP contribution in [-0.2, 0) is 4.74 Å². The van der Waals surface area contributed by atoms with Gasteiger partial charge in [-0.1, -0.05) is 41.3 Å². The van der Waals surface area contributed by atoms with E-state index in [4.69, 9.17) is 35.0 Å². The smallest absolute Gasteiger partial charge is 0.339 e. The lowest BCUT2D eigenvalue weighted by atomic mass is 10.2. The minimum absolute atomic E-state index is 0.0353. The van der Waals surface area contributed by atoms with Crippen LogP contribution >= 0.6 is 23.4 Å². The summed E-state index contributed by atoms with van der Waals surface area (Å²) >= 11 is 7.12. The Morgan fingerprint density at radius 1 is 1.06 bits per heavy atom. The van der Waals surface area contributed by atoms with Gasteiger partial charge in [-0.25, -0.2) is 4.79 Å². The molecule has 0 saturated carbocycles. The van der Waals surface area contributed by atoms with Gasteiger partial charge >= 0.3 is 5.97 Å². The number of carbonyl (C=O) groups excluding carboxylic acids is 1. The second-order valence-electron chi connectivity index (χ2n) is 6.02. The first-order valence-electron chi connectivity index (χ1n) is 9.20. The summed E-state index contributed by atoms with van der Waals surface area (Å²) in [7, 11) is 4.59. The molecule has 3 rings (SSSR count). The number of hydrogen-bond donors (Lipinski definition) is 0. The van der Waals surface area contributed by atoms with E-state index in [1.165, 1.54) is 39.2 Å². The van der Waals surface area contributed by atoms with Gasteiger partial charge in [-0.05, 0) is 30.3 Å². The molecule has 1 aromatic heterocycles. The fourth-order valence-electron chi connectivity index (χ4n) is 2.59. The maximum Gasteiger partial charge on any atom is 0.339 e. The number of halogens is 1. The van der Waals surface area contributed by atoms with Crippen molar-refractivity contribution in [2.75, 3.05) is 33.7 Å². The summed E-state index contributed by atoms with van der Waals surface area (Å²) < 4.78 is 26.8. The molecule has 0 amide bonds. The SMILES string of the molecule is COc1cc(-c2nnc(SCC#CCOC(=O)c3cccc(Cl)c3)o2)cc(OC)c1OC. The first-order chi connectivity index (χ1) is 15.5. The molecule has 0 spiro atoms. The van der Waals surface area contributed by atoms with Gasteiger partial charge in [0.15, 0.2) is 18.1 Å². The summed E-state index contributed by atoms with van der Waals surface area (Å²) in [5.74, 6) is 7.27. The quantitative estimate of drug-likeness (QED) is 0.268. The zero-order chi connectivity index (χ0) is 22.9. The Morgan fingerprint density at radius 2 is 1.81 bits per heavy atom. The standard InChI is InChI=1S/C22H19ClN2O6S/c1-27-17-12-15(13-18(28-2)19(17)29-3)20-24-25-22(31-20)32-10-5-4-9-30-21(26)14-7-6-8-16(23)11-14/h6-8,11-13H,9-10H2,1-3H3. The van der Waals surface area contributed by atoms with Gasteiger partial charge in [0, 0.05) is 10.6 Å². The van der Waals surface area contributed by atoms with Crippen LogP contribution < -0.4 is 14.2 Å². The lowest BCUT2D eigenvalue weighted by Crippen LogP contribution is -2.05. The number of esters is 1. The molecular formula is C22H19ClN2O6S. The van der Waals surface area contributed by atoms with Gasteiger partial charge in [0.05, 0.1) is 32.6 Å². The number of hydrogen-bond acceptors (Lipinski definition) is 9. The topological polar surface area (TPSA) is 92.9 Å². The molecule has 0 atom stereocenters. The summed E-state index contributed by atoms with van der Waals surface area (Å²) in [6, 6.07) is 9.96. The number of nitrogens with zero attached hydrogens (tertiary/aromatic N) is 2. The molecule has 10 heteroatoms. The van der Waals surface area contributed by atoms with E-state index in [9.17, 15) is 4.79 Å². The van der Waals surface area contributed by atoms with E-state index in [0.29, 0.717) is 50.3 Å². The highest BCUT2D eigenvalue weighted by molar-refractivity contribution is 7.99. The molecule has 0 fully saturated rings. The lowest BCUT2D eigenvalue weighted by Gasteiger charge is -2.12. The molecular weight excluding hydrogens is 456 g/mol. The van der Waals surface area contributed by atoms with E-state index in [-0.39, 0.29) is 6.61 Å². The van der Waals surface area contributed by atoms with Crippen molar-refractivity contribution in [1.82, 2.24) is 10.2 Å². The molecule has 0 aliphatic carbocycles. The third-order valence-corrected chi connectivity index (χ3v) is 4.98. The fourth-order valence-corrected chi connectivity index (χ4v) is 3.31. The number of methoxy groups -OCH3 is 3. The largest absolute Gasteiger partial charge is 0.493 e. The summed E-state index contributed by atoms with van der Waals surface area (Å²) in [4.78, 5) is 11.9.